The third-order valence-electron chi connectivity index (χ3n) is 2.92. The minimum Gasteiger partial charge on any atom is -0.322 e. The second-order valence-electron chi connectivity index (χ2n) is 4.54. The van der Waals surface area contributed by atoms with Gasteiger partial charge in [0.1, 0.15) is 0 Å². The molecule has 1 aromatic heterocycles. The molecule has 1 atom stereocenters. The van der Waals surface area contributed by atoms with Crippen molar-refractivity contribution in [2.45, 2.75) is 26.4 Å². The Bertz CT molecular complexity index is 587. The molecular weight excluding hydrogens is 226 g/mol. The van der Waals surface area contributed by atoms with Gasteiger partial charge in [0.2, 0.25) is 0 Å². The molecule has 0 radical (unpaired) electrons. The highest BCUT2D eigenvalue weighted by molar-refractivity contribution is 5.23. The van der Waals surface area contributed by atoms with Crippen molar-refractivity contribution >= 4 is 0 Å². The van der Waals surface area contributed by atoms with Gasteiger partial charge in [-0.15, -0.1) is 0 Å². The second kappa shape index (κ2) is 5.14. The van der Waals surface area contributed by atoms with E-state index in [0.717, 1.165) is 11.3 Å². The van der Waals surface area contributed by atoms with E-state index in [0.29, 0.717) is 6.54 Å². The number of rotatable bonds is 3. The highest BCUT2D eigenvalue weighted by atomic mass is 16.1. The van der Waals surface area contributed by atoms with Gasteiger partial charge >= 0.3 is 0 Å². The number of hydrogen-bond donors (Lipinski definition) is 1. The number of nitrogens with zero attached hydrogens (tertiary/aromatic N) is 2. The van der Waals surface area contributed by atoms with Gasteiger partial charge in [0, 0.05) is 24.3 Å². The van der Waals surface area contributed by atoms with E-state index in [9.17, 15) is 4.79 Å². The molecule has 2 rings (SSSR count). The molecule has 0 aliphatic rings. The summed E-state index contributed by atoms with van der Waals surface area (Å²) in [6.07, 6.45) is 1.55. The van der Waals surface area contributed by atoms with Crippen molar-refractivity contribution in [1.82, 2.24) is 9.55 Å². The number of nitrogens with two attached hydrogens (primary N) is 1. The lowest BCUT2D eigenvalue weighted by atomic mass is 10.1. The monoisotopic (exact) mass is 243 g/mol. The average Bonchev–Trinajstić information content (AvgIpc) is 2.33. The van der Waals surface area contributed by atoms with Crippen LogP contribution in [0.2, 0.25) is 0 Å². The standard InChI is InChI=1S/C14H17N3O/c1-10-3-5-12(6-4-10)13(15)8-17-9-16-11(2)7-14(17)18/h3-7,9,13H,8,15H2,1-2H3. The van der Waals surface area contributed by atoms with Gasteiger partial charge in [0.25, 0.3) is 5.56 Å². The molecule has 0 bridgehead atoms. The van der Waals surface area contributed by atoms with E-state index in [1.807, 2.05) is 31.2 Å². The summed E-state index contributed by atoms with van der Waals surface area (Å²) in [6.45, 7) is 4.27. The predicted molar refractivity (Wildman–Crippen MR) is 71.3 cm³/mol. The SMILES string of the molecule is Cc1ccc(C(N)Cn2cnc(C)cc2=O)cc1. The van der Waals surface area contributed by atoms with Crippen molar-refractivity contribution in [2.24, 2.45) is 5.73 Å². The van der Waals surface area contributed by atoms with Crippen LogP contribution in [-0.2, 0) is 6.54 Å². The van der Waals surface area contributed by atoms with E-state index in [4.69, 9.17) is 5.73 Å². The highest BCUT2D eigenvalue weighted by Gasteiger charge is 2.07. The van der Waals surface area contributed by atoms with Crippen LogP contribution in [0.15, 0.2) is 41.5 Å². The van der Waals surface area contributed by atoms with Crippen molar-refractivity contribution in [3.05, 3.63) is 63.8 Å². The second-order valence-corrected chi connectivity index (χ2v) is 4.54. The maximum Gasteiger partial charge on any atom is 0.253 e. The van der Waals surface area contributed by atoms with Gasteiger partial charge < -0.3 is 5.73 Å². The Hall–Kier alpha value is -1.94. The van der Waals surface area contributed by atoms with Crippen LogP contribution in [0.25, 0.3) is 0 Å². The van der Waals surface area contributed by atoms with E-state index < -0.39 is 0 Å². The molecular formula is C14H17N3O. The fraction of sp³-hybridized carbons (Fsp3) is 0.286. The lowest BCUT2D eigenvalue weighted by molar-refractivity contribution is 0.552. The van der Waals surface area contributed by atoms with Crippen LogP contribution in [0.5, 0.6) is 0 Å². The van der Waals surface area contributed by atoms with E-state index in [1.165, 1.54) is 16.2 Å². The van der Waals surface area contributed by atoms with E-state index in [-0.39, 0.29) is 11.6 Å². The van der Waals surface area contributed by atoms with Crippen LogP contribution < -0.4 is 11.3 Å². The fourth-order valence-electron chi connectivity index (χ4n) is 1.78. The Balaban J connectivity index is 2.18. The number of aryl methyl sites for hydroxylation is 2. The van der Waals surface area contributed by atoms with Crippen molar-refractivity contribution in [3.63, 3.8) is 0 Å². The third-order valence-corrected chi connectivity index (χ3v) is 2.92. The molecule has 0 saturated heterocycles. The molecule has 1 unspecified atom stereocenters. The van der Waals surface area contributed by atoms with Crippen LogP contribution in [0.3, 0.4) is 0 Å². The Labute approximate surface area is 106 Å². The summed E-state index contributed by atoms with van der Waals surface area (Å²) in [5.74, 6) is 0. The summed E-state index contributed by atoms with van der Waals surface area (Å²) in [5, 5.41) is 0. The lowest BCUT2D eigenvalue weighted by Gasteiger charge is -2.13. The Morgan fingerprint density at radius 3 is 2.56 bits per heavy atom. The van der Waals surface area contributed by atoms with Gasteiger partial charge in [-0.05, 0) is 19.4 Å². The number of benzene rings is 1. The first-order chi connectivity index (χ1) is 8.56. The molecule has 0 aliphatic carbocycles. The first-order valence-electron chi connectivity index (χ1n) is 5.91. The molecule has 1 heterocycles. The highest BCUT2D eigenvalue weighted by Crippen LogP contribution is 2.12. The van der Waals surface area contributed by atoms with Gasteiger partial charge in [-0.25, -0.2) is 4.98 Å². The first-order valence-corrected chi connectivity index (χ1v) is 5.91. The van der Waals surface area contributed by atoms with Gasteiger partial charge in [-0.3, -0.25) is 9.36 Å². The molecule has 0 saturated carbocycles. The molecule has 4 nitrogen and oxygen atoms in total. The van der Waals surface area contributed by atoms with Crippen LogP contribution >= 0.6 is 0 Å². The number of hydrogen-bond acceptors (Lipinski definition) is 3. The maximum absolute atomic E-state index is 11.7. The molecule has 0 spiro atoms. The van der Waals surface area contributed by atoms with Crippen molar-refractivity contribution in [1.29, 1.82) is 0 Å². The Kier molecular flexibility index (Phi) is 3.58. The van der Waals surface area contributed by atoms with Crippen LogP contribution in [0.4, 0.5) is 0 Å². The summed E-state index contributed by atoms with van der Waals surface area (Å²) in [5.41, 5.74) is 8.97. The van der Waals surface area contributed by atoms with E-state index in [1.54, 1.807) is 13.3 Å². The van der Waals surface area contributed by atoms with Crippen LogP contribution in [-0.4, -0.2) is 9.55 Å². The first kappa shape index (κ1) is 12.5. The van der Waals surface area contributed by atoms with Crippen LogP contribution in [0.1, 0.15) is 22.9 Å². The summed E-state index contributed by atoms with van der Waals surface area (Å²) in [6, 6.07) is 9.34. The fourth-order valence-corrected chi connectivity index (χ4v) is 1.78. The summed E-state index contributed by atoms with van der Waals surface area (Å²) < 4.78 is 1.54. The minimum atomic E-state index is -0.201. The molecule has 2 N–H and O–H groups in total. The van der Waals surface area contributed by atoms with Gasteiger partial charge in [0.15, 0.2) is 0 Å². The molecule has 0 amide bonds. The number of aromatic nitrogens is 2. The maximum atomic E-state index is 11.7. The van der Waals surface area contributed by atoms with Crippen molar-refractivity contribution < 1.29 is 0 Å². The summed E-state index contributed by atoms with van der Waals surface area (Å²) in [4.78, 5) is 15.8. The zero-order chi connectivity index (χ0) is 13.1. The molecule has 0 fully saturated rings. The molecule has 18 heavy (non-hydrogen) atoms. The molecule has 0 aliphatic heterocycles. The summed E-state index contributed by atoms with van der Waals surface area (Å²) in [7, 11) is 0. The zero-order valence-corrected chi connectivity index (χ0v) is 10.6. The van der Waals surface area contributed by atoms with Gasteiger partial charge in [0.05, 0.1) is 6.33 Å². The predicted octanol–water partition coefficient (Wildman–Crippen LogP) is 1.56. The van der Waals surface area contributed by atoms with Crippen LogP contribution in [0, 0.1) is 13.8 Å². The van der Waals surface area contributed by atoms with E-state index >= 15 is 0 Å². The smallest absolute Gasteiger partial charge is 0.253 e. The summed E-state index contributed by atoms with van der Waals surface area (Å²) >= 11 is 0. The Morgan fingerprint density at radius 2 is 1.94 bits per heavy atom. The molecule has 94 valence electrons. The largest absolute Gasteiger partial charge is 0.322 e. The third kappa shape index (κ3) is 2.84. The molecule has 2 aromatic rings. The van der Waals surface area contributed by atoms with Gasteiger partial charge in [-0.1, -0.05) is 29.8 Å². The molecule has 4 heteroatoms. The minimum absolute atomic E-state index is 0.0648. The topological polar surface area (TPSA) is 60.9 Å². The van der Waals surface area contributed by atoms with Crippen molar-refractivity contribution in [3.8, 4) is 0 Å². The van der Waals surface area contributed by atoms with Gasteiger partial charge in [-0.2, -0.15) is 0 Å². The average molecular weight is 243 g/mol. The Morgan fingerprint density at radius 1 is 1.28 bits per heavy atom. The lowest BCUT2D eigenvalue weighted by Crippen LogP contribution is -2.26. The quantitative estimate of drug-likeness (QED) is 0.890. The molecule has 1 aromatic carbocycles. The zero-order valence-electron chi connectivity index (χ0n) is 10.6. The van der Waals surface area contributed by atoms with Crippen molar-refractivity contribution in [2.75, 3.05) is 0 Å². The normalized spacial score (nSPS) is 12.4. The van der Waals surface area contributed by atoms with E-state index in [2.05, 4.69) is 4.98 Å².